The van der Waals surface area contributed by atoms with Gasteiger partial charge in [-0.1, -0.05) is 58.5 Å². The number of carbonyl (C=O) groups is 1. The summed E-state index contributed by atoms with van der Waals surface area (Å²) in [5, 5.41) is 11.0. The van der Waals surface area contributed by atoms with E-state index in [0.29, 0.717) is 25.7 Å². The lowest BCUT2D eigenvalue weighted by Crippen LogP contribution is -2.14. The van der Waals surface area contributed by atoms with E-state index in [1.165, 1.54) is 0 Å². The molecule has 2 aromatic rings. The highest BCUT2D eigenvalue weighted by molar-refractivity contribution is 6.42. The lowest BCUT2D eigenvalue weighted by molar-refractivity contribution is -0.138. The van der Waals surface area contributed by atoms with E-state index in [1.807, 2.05) is 0 Å². The molecule has 0 aliphatic carbocycles. The van der Waals surface area contributed by atoms with Gasteiger partial charge in [-0.3, -0.25) is 4.79 Å². The fourth-order valence-corrected chi connectivity index (χ4v) is 2.61. The SMILES string of the molecule is O=C(O)C(Cc1ccc(Cl)c(Cl)c1)c1ccc(Cl)c(Cl)c1. The van der Waals surface area contributed by atoms with Gasteiger partial charge in [0.2, 0.25) is 0 Å². The molecule has 2 nitrogen and oxygen atoms in total. The Hall–Kier alpha value is -0.930. The van der Waals surface area contributed by atoms with Crippen molar-refractivity contribution in [2.45, 2.75) is 12.3 Å². The third kappa shape index (κ3) is 4.04. The summed E-state index contributed by atoms with van der Waals surface area (Å²) < 4.78 is 0. The van der Waals surface area contributed by atoms with Crippen molar-refractivity contribution in [1.82, 2.24) is 0 Å². The van der Waals surface area contributed by atoms with E-state index in [-0.39, 0.29) is 6.42 Å². The first-order valence-electron chi connectivity index (χ1n) is 6.00. The van der Waals surface area contributed by atoms with E-state index in [0.717, 1.165) is 5.56 Å². The molecule has 0 fully saturated rings. The summed E-state index contributed by atoms with van der Waals surface area (Å²) in [7, 11) is 0. The van der Waals surface area contributed by atoms with Crippen LogP contribution in [-0.4, -0.2) is 11.1 Å². The maximum atomic E-state index is 11.5. The summed E-state index contributed by atoms with van der Waals surface area (Å²) in [6.07, 6.45) is 0.282. The van der Waals surface area contributed by atoms with Crippen LogP contribution in [0, 0.1) is 0 Å². The van der Waals surface area contributed by atoms with Gasteiger partial charge in [0.1, 0.15) is 0 Å². The zero-order chi connectivity index (χ0) is 15.6. The van der Waals surface area contributed by atoms with Crippen LogP contribution in [0.3, 0.4) is 0 Å². The molecular formula is C15H10Cl4O2. The van der Waals surface area contributed by atoms with Crippen molar-refractivity contribution in [3.63, 3.8) is 0 Å². The molecule has 0 saturated heterocycles. The molecule has 1 unspecified atom stereocenters. The third-order valence-corrected chi connectivity index (χ3v) is 4.55. The van der Waals surface area contributed by atoms with Gasteiger partial charge in [-0.25, -0.2) is 0 Å². The zero-order valence-electron chi connectivity index (χ0n) is 10.6. The first-order valence-corrected chi connectivity index (χ1v) is 7.51. The van der Waals surface area contributed by atoms with Crippen molar-refractivity contribution in [3.8, 4) is 0 Å². The van der Waals surface area contributed by atoms with E-state index in [1.54, 1.807) is 36.4 Å². The minimum absolute atomic E-state index is 0.282. The molecule has 1 atom stereocenters. The molecule has 0 saturated carbocycles. The Balaban J connectivity index is 2.32. The van der Waals surface area contributed by atoms with Crippen LogP contribution in [0.2, 0.25) is 20.1 Å². The first-order chi connectivity index (χ1) is 9.88. The molecule has 2 aromatic carbocycles. The van der Waals surface area contributed by atoms with E-state index >= 15 is 0 Å². The van der Waals surface area contributed by atoms with Crippen LogP contribution in [0.1, 0.15) is 17.0 Å². The lowest BCUT2D eigenvalue weighted by atomic mass is 9.92. The molecule has 110 valence electrons. The Morgan fingerprint density at radius 1 is 0.905 bits per heavy atom. The zero-order valence-corrected chi connectivity index (χ0v) is 13.6. The van der Waals surface area contributed by atoms with Gasteiger partial charge in [-0.15, -0.1) is 0 Å². The highest BCUT2D eigenvalue weighted by Gasteiger charge is 2.21. The lowest BCUT2D eigenvalue weighted by Gasteiger charge is -2.14. The van der Waals surface area contributed by atoms with Crippen molar-refractivity contribution >= 4 is 52.4 Å². The Morgan fingerprint density at radius 3 is 2.00 bits per heavy atom. The number of benzene rings is 2. The minimum Gasteiger partial charge on any atom is -0.481 e. The van der Waals surface area contributed by atoms with Crippen molar-refractivity contribution in [2.24, 2.45) is 0 Å². The average molecular weight is 364 g/mol. The first kappa shape index (κ1) is 16.4. The monoisotopic (exact) mass is 362 g/mol. The van der Waals surface area contributed by atoms with Gasteiger partial charge in [0.15, 0.2) is 0 Å². The standard InChI is InChI=1S/C15H10Cl4O2/c16-11-3-1-8(6-13(11)18)5-10(15(20)21)9-2-4-12(17)14(19)7-9/h1-4,6-7,10H,5H2,(H,20,21). The normalized spacial score (nSPS) is 12.2. The molecule has 0 heterocycles. The number of halogens is 4. The summed E-state index contributed by atoms with van der Waals surface area (Å²) in [6.45, 7) is 0. The molecule has 0 bridgehead atoms. The van der Waals surface area contributed by atoms with Gasteiger partial charge in [0.25, 0.3) is 0 Å². The van der Waals surface area contributed by atoms with Crippen LogP contribution in [0.4, 0.5) is 0 Å². The topological polar surface area (TPSA) is 37.3 Å². The minimum atomic E-state index is -0.945. The van der Waals surface area contributed by atoms with E-state index in [9.17, 15) is 9.90 Å². The van der Waals surface area contributed by atoms with E-state index in [2.05, 4.69) is 0 Å². The van der Waals surface area contributed by atoms with Crippen molar-refractivity contribution < 1.29 is 9.90 Å². The van der Waals surface area contributed by atoms with Crippen LogP contribution < -0.4 is 0 Å². The van der Waals surface area contributed by atoms with E-state index < -0.39 is 11.9 Å². The third-order valence-electron chi connectivity index (χ3n) is 3.07. The molecule has 0 aliphatic rings. The fraction of sp³-hybridized carbons (Fsp3) is 0.133. The van der Waals surface area contributed by atoms with Gasteiger partial charge in [-0.05, 0) is 41.8 Å². The average Bonchev–Trinajstić information content (AvgIpc) is 2.43. The van der Waals surface area contributed by atoms with Crippen LogP contribution >= 0.6 is 46.4 Å². The predicted octanol–water partition coefficient (Wildman–Crippen LogP) is 5.71. The van der Waals surface area contributed by atoms with Gasteiger partial charge in [0, 0.05) is 0 Å². The summed E-state index contributed by atoms with van der Waals surface area (Å²) in [5.74, 6) is -1.68. The van der Waals surface area contributed by atoms with Gasteiger partial charge in [-0.2, -0.15) is 0 Å². The summed E-state index contributed by atoms with van der Waals surface area (Å²) >= 11 is 23.6. The molecule has 0 radical (unpaired) electrons. The largest absolute Gasteiger partial charge is 0.481 e. The van der Waals surface area contributed by atoms with Gasteiger partial charge in [0.05, 0.1) is 26.0 Å². The second-order valence-electron chi connectivity index (χ2n) is 4.52. The van der Waals surface area contributed by atoms with Gasteiger partial charge < -0.3 is 5.11 Å². The second-order valence-corrected chi connectivity index (χ2v) is 6.15. The predicted molar refractivity (Wildman–Crippen MR) is 87.0 cm³/mol. The molecule has 6 heteroatoms. The Morgan fingerprint density at radius 2 is 1.48 bits per heavy atom. The Labute approximate surface area is 142 Å². The van der Waals surface area contributed by atoms with Crippen molar-refractivity contribution in [2.75, 3.05) is 0 Å². The number of carboxylic acid groups (broad SMARTS) is 1. The molecular weight excluding hydrogens is 354 g/mol. The van der Waals surface area contributed by atoms with Crippen LogP contribution in [0.25, 0.3) is 0 Å². The second kappa shape index (κ2) is 6.89. The number of hydrogen-bond acceptors (Lipinski definition) is 1. The Bertz CT molecular complexity index is 685. The molecule has 0 aliphatic heterocycles. The maximum Gasteiger partial charge on any atom is 0.311 e. The van der Waals surface area contributed by atoms with Gasteiger partial charge >= 0.3 is 5.97 Å². The van der Waals surface area contributed by atoms with Crippen molar-refractivity contribution in [3.05, 3.63) is 67.6 Å². The highest BCUT2D eigenvalue weighted by Crippen LogP contribution is 2.30. The van der Waals surface area contributed by atoms with Crippen LogP contribution in [-0.2, 0) is 11.2 Å². The molecule has 2 rings (SSSR count). The summed E-state index contributed by atoms with van der Waals surface area (Å²) in [5.41, 5.74) is 1.37. The number of hydrogen-bond donors (Lipinski definition) is 1. The van der Waals surface area contributed by atoms with Crippen LogP contribution in [0.5, 0.6) is 0 Å². The molecule has 0 spiro atoms. The smallest absolute Gasteiger partial charge is 0.311 e. The molecule has 21 heavy (non-hydrogen) atoms. The Kier molecular flexibility index (Phi) is 5.39. The molecule has 1 N–H and O–H groups in total. The van der Waals surface area contributed by atoms with Crippen molar-refractivity contribution in [1.29, 1.82) is 0 Å². The number of carboxylic acids is 1. The highest BCUT2D eigenvalue weighted by atomic mass is 35.5. The summed E-state index contributed by atoms with van der Waals surface area (Å²) in [4.78, 5) is 11.5. The fourth-order valence-electron chi connectivity index (χ4n) is 1.98. The quantitative estimate of drug-likeness (QED) is 0.755. The number of aliphatic carboxylic acids is 1. The maximum absolute atomic E-state index is 11.5. The molecule has 0 aromatic heterocycles. The molecule has 0 amide bonds. The number of rotatable bonds is 4. The van der Waals surface area contributed by atoms with Crippen LogP contribution in [0.15, 0.2) is 36.4 Å². The summed E-state index contributed by atoms with van der Waals surface area (Å²) in [6, 6.07) is 9.88. The van der Waals surface area contributed by atoms with E-state index in [4.69, 9.17) is 46.4 Å².